The number of carbonyl (C=O) groups excluding carboxylic acids is 1. The summed E-state index contributed by atoms with van der Waals surface area (Å²) in [4.78, 5) is 13.9. The minimum Gasteiger partial charge on any atom is -0.299 e. The maximum Gasteiger partial charge on any atom is 0.161 e. The van der Waals surface area contributed by atoms with Crippen LogP contribution in [-0.2, 0) is 4.79 Å². The van der Waals surface area contributed by atoms with E-state index in [0.29, 0.717) is 24.1 Å². The summed E-state index contributed by atoms with van der Waals surface area (Å²) in [5, 5.41) is 0. The van der Waals surface area contributed by atoms with Crippen LogP contribution in [0.15, 0.2) is 29.8 Å². The number of halogens is 1. The molecule has 3 heteroatoms. The number of carbonyl (C=O) groups is 1. The fraction of sp³-hybridized carbons (Fsp3) is 0.357. The van der Waals surface area contributed by atoms with Gasteiger partial charge in [-0.15, -0.1) is 0 Å². The van der Waals surface area contributed by atoms with Gasteiger partial charge in [0.25, 0.3) is 0 Å². The lowest BCUT2D eigenvalue weighted by Crippen LogP contribution is -2.35. The van der Waals surface area contributed by atoms with Crippen LogP contribution in [0.3, 0.4) is 0 Å². The van der Waals surface area contributed by atoms with Crippen LogP contribution in [0.2, 0.25) is 0 Å². The van der Waals surface area contributed by atoms with Crippen molar-refractivity contribution in [1.29, 1.82) is 0 Å². The van der Waals surface area contributed by atoms with Gasteiger partial charge in [0, 0.05) is 30.6 Å². The molecule has 2 nitrogen and oxygen atoms in total. The highest BCUT2D eigenvalue weighted by Gasteiger charge is 2.20. The van der Waals surface area contributed by atoms with Gasteiger partial charge < -0.3 is 0 Å². The van der Waals surface area contributed by atoms with E-state index in [9.17, 15) is 9.18 Å². The second-order valence-electron chi connectivity index (χ2n) is 4.23. The SMILES string of the molecule is CCN1CCC(=O)/C(=C/c2ccccc2F)C1. The van der Waals surface area contributed by atoms with Crippen molar-refractivity contribution >= 4 is 11.9 Å². The summed E-state index contributed by atoms with van der Waals surface area (Å²) in [7, 11) is 0. The normalized spacial score (nSPS) is 19.9. The first-order valence-corrected chi connectivity index (χ1v) is 5.91. The Morgan fingerprint density at radius 1 is 1.41 bits per heavy atom. The van der Waals surface area contributed by atoms with Gasteiger partial charge in [0.2, 0.25) is 0 Å². The molecule has 1 aromatic carbocycles. The first kappa shape index (κ1) is 12.0. The fourth-order valence-electron chi connectivity index (χ4n) is 2.00. The number of Topliss-reactive ketones (excluding diaryl/α,β-unsaturated/α-hetero) is 1. The van der Waals surface area contributed by atoms with Crippen LogP contribution in [0.25, 0.3) is 6.08 Å². The number of rotatable bonds is 2. The average Bonchev–Trinajstić information content (AvgIpc) is 2.35. The van der Waals surface area contributed by atoms with Gasteiger partial charge >= 0.3 is 0 Å². The molecule has 0 saturated carbocycles. The molecule has 2 rings (SSSR count). The van der Waals surface area contributed by atoms with Gasteiger partial charge in [0.15, 0.2) is 5.78 Å². The standard InChI is InChI=1S/C14H16FNO/c1-2-16-8-7-14(17)12(10-16)9-11-5-3-4-6-13(11)15/h3-6,9H,2,7-8,10H2,1H3/b12-9+. The smallest absolute Gasteiger partial charge is 0.161 e. The molecule has 17 heavy (non-hydrogen) atoms. The van der Waals surface area contributed by atoms with Gasteiger partial charge in [-0.05, 0) is 18.7 Å². The zero-order valence-corrected chi connectivity index (χ0v) is 9.95. The highest BCUT2D eigenvalue weighted by molar-refractivity contribution is 6.00. The lowest BCUT2D eigenvalue weighted by Gasteiger charge is -2.26. The van der Waals surface area contributed by atoms with E-state index in [-0.39, 0.29) is 11.6 Å². The number of piperidine rings is 1. The van der Waals surface area contributed by atoms with E-state index in [1.54, 1.807) is 24.3 Å². The summed E-state index contributed by atoms with van der Waals surface area (Å²) in [6.45, 7) is 4.42. The molecule has 90 valence electrons. The number of benzene rings is 1. The maximum atomic E-state index is 13.5. The molecule has 1 aromatic rings. The first-order valence-electron chi connectivity index (χ1n) is 5.91. The van der Waals surface area contributed by atoms with Crippen molar-refractivity contribution in [2.75, 3.05) is 19.6 Å². The molecule has 1 aliphatic rings. The zero-order chi connectivity index (χ0) is 12.3. The van der Waals surface area contributed by atoms with Crippen LogP contribution in [0.4, 0.5) is 4.39 Å². The third-order valence-electron chi connectivity index (χ3n) is 3.09. The van der Waals surface area contributed by atoms with Crippen molar-refractivity contribution in [2.45, 2.75) is 13.3 Å². The van der Waals surface area contributed by atoms with Gasteiger partial charge in [-0.3, -0.25) is 9.69 Å². The van der Waals surface area contributed by atoms with Crippen molar-refractivity contribution in [3.8, 4) is 0 Å². The average molecular weight is 233 g/mol. The van der Waals surface area contributed by atoms with E-state index in [1.807, 2.05) is 0 Å². The van der Waals surface area contributed by atoms with Gasteiger partial charge in [0.05, 0.1) is 0 Å². The van der Waals surface area contributed by atoms with Crippen LogP contribution in [0.1, 0.15) is 18.9 Å². The number of hydrogen-bond acceptors (Lipinski definition) is 2. The Kier molecular flexibility index (Phi) is 3.69. The highest BCUT2D eigenvalue weighted by atomic mass is 19.1. The Morgan fingerprint density at radius 3 is 2.88 bits per heavy atom. The van der Waals surface area contributed by atoms with Crippen LogP contribution in [-0.4, -0.2) is 30.3 Å². The number of ketones is 1. The predicted octanol–water partition coefficient (Wildman–Crippen LogP) is 2.50. The Bertz CT molecular complexity index is 453. The molecule has 1 fully saturated rings. The molecule has 0 spiro atoms. The van der Waals surface area contributed by atoms with Crippen LogP contribution in [0.5, 0.6) is 0 Å². The Morgan fingerprint density at radius 2 is 2.18 bits per heavy atom. The summed E-state index contributed by atoms with van der Waals surface area (Å²) in [5.74, 6) is -0.139. The van der Waals surface area contributed by atoms with Crippen molar-refractivity contribution in [3.05, 3.63) is 41.2 Å². The van der Waals surface area contributed by atoms with Gasteiger partial charge in [0.1, 0.15) is 5.82 Å². The summed E-state index contributed by atoms with van der Waals surface area (Å²) < 4.78 is 13.5. The summed E-state index contributed by atoms with van der Waals surface area (Å²) in [5.41, 5.74) is 1.21. The molecule has 0 aromatic heterocycles. The molecule has 0 unspecified atom stereocenters. The monoisotopic (exact) mass is 233 g/mol. The highest BCUT2D eigenvalue weighted by Crippen LogP contribution is 2.17. The van der Waals surface area contributed by atoms with E-state index in [4.69, 9.17) is 0 Å². The zero-order valence-electron chi connectivity index (χ0n) is 9.95. The van der Waals surface area contributed by atoms with Gasteiger partial charge in [-0.25, -0.2) is 4.39 Å². The lowest BCUT2D eigenvalue weighted by atomic mass is 10.0. The van der Waals surface area contributed by atoms with E-state index >= 15 is 0 Å². The third-order valence-corrected chi connectivity index (χ3v) is 3.09. The van der Waals surface area contributed by atoms with Gasteiger partial charge in [-0.2, -0.15) is 0 Å². The molecule has 0 atom stereocenters. The van der Waals surface area contributed by atoms with E-state index in [2.05, 4.69) is 11.8 Å². The van der Waals surface area contributed by atoms with Crippen LogP contribution < -0.4 is 0 Å². The molecule has 0 amide bonds. The summed E-state index contributed by atoms with van der Waals surface area (Å²) in [6, 6.07) is 6.54. The predicted molar refractivity (Wildman–Crippen MR) is 66.1 cm³/mol. The molecule has 1 heterocycles. The topological polar surface area (TPSA) is 20.3 Å². The third kappa shape index (κ3) is 2.80. The summed E-state index contributed by atoms with van der Waals surface area (Å²) in [6.07, 6.45) is 2.22. The number of hydrogen-bond donors (Lipinski definition) is 0. The molecule has 0 radical (unpaired) electrons. The second kappa shape index (κ2) is 5.23. The van der Waals surface area contributed by atoms with Crippen molar-refractivity contribution in [3.63, 3.8) is 0 Å². The Hall–Kier alpha value is -1.48. The van der Waals surface area contributed by atoms with E-state index in [0.717, 1.165) is 13.1 Å². The molecule has 0 bridgehead atoms. The number of likely N-dealkylation sites (tertiary alicyclic amines) is 1. The van der Waals surface area contributed by atoms with Gasteiger partial charge in [-0.1, -0.05) is 25.1 Å². The number of likely N-dealkylation sites (N-methyl/N-ethyl adjacent to an activating group) is 1. The quantitative estimate of drug-likeness (QED) is 0.731. The molecule has 0 N–H and O–H groups in total. The van der Waals surface area contributed by atoms with E-state index in [1.165, 1.54) is 6.07 Å². The molecule has 1 aliphatic heterocycles. The summed E-state index contributed by atoms with van der Waals surface area (Å²) >= 11 is 0. The van der Waals surface area contributed by atoms with E-state index < -0.39 is 0 Å². The first-order chi connectivity index (χ1) is 8.20. The van der Waals surface area contributed by atoms with Crippen molar-refractivity contribution in [2.24, 2.45) is 0 Å². The molecular formula is C14H16FNO. The minimum absolute atomic E-state index is 0.137. The number of nitrogens with zero attached hydrogens (tertiary/aromatic N) is 1. The van der Waals surface area contributed by atoms with Crippen molar-refractivity contribution in [1.82, 2.24) is 4.90 Å². The largest absolute Gasteiger partial charge is 0.299 e. The fourth-order valence-corrected chi connectivity index (χ4v) is 2.00. The molecule has 1 saturated heterocycles. The molecule has 0 aliphatic carbocycles. The lowest BCUT2D eigenvalue weighted by molar-refractivity contribution is -0.117. The van der Waals surface area contributed by atoms with Crippen molar-refractivity contribution < 1.29 is 9.18 Å². The minimum atomic E-state index is -0.276. The Balaban J connectivity index is 2.25. The second-order valence-corrected chi connectivity index (χ2v) is 4.23. The Labute approximate surface area is 101 Å². The van der Waals surface area contributed by atoms with Crippen LogP contribution in [0, 0.1) is 5.82 Å². The maximum absolute atomic E-state index is 13.5. The van der Waals surface area contributed by atoms with Crippen LogP contribution >= 0.6 is 0 Å². The molecular weight excluding hydrogens is 217 g/mol.